The van der Waals surface area contributed by atoms with Crippen molar-refractivity contribution in [2.75, 3.05) is 13.7 Å². The summed E-state index contributed by atoms with van der Waals surface area (Å²) in [7, 11) is 1.56. The van der Waals surface area contributed by atoms with Gasteiger partial charge in [-0.2, -0.15) is 5.10 Å². The van der Waals surface area contributed by atoms with Gasteiger partial charge in [0, 0.05) is 18.3 Å². The molecule has 2 amide bonds. The van der Waals surface area contributed by atoms with Crippen LogP contribution in [0.1, 0.15) is 30.7 Å². The fourth-order valence-corrected chi connectivity index (χ4v) is 3.12. The monoisotopic (exact) mass is 493 g/mol. The highest BCUT2D eigenvalue weighted by molar-refractivity contribution is 5.87. The Kier molecular flexibility index (Phi) is 9.87. The summed E-state index contributed by atoms with van der Waals surface area (Å²) in [5, 5.41) is 6.62. The van der Waals surface area contributed by atoms with Crippen molar-refractivity contribution < 1.29 is 23.8 Å². The van der Waals surface area contributed by atoms with Crippen LogP contribution < -0.4 is 20.2 Å². The number of amides is 2. The summed E-state index contributed by atoms with van der Waals surface area (Å²) in [6.07, 6.45) is 4.02. The zero-order valence-corrected chi connectivity index (χ0v) is 20.6. The molecule has 0 aliphatic rings. The Morgan fingerprint density at radius 2 is 1.94 bits per heavy atom. The van der Waals surface area contributed by atoms with E-state index in [1.165, 1.54) is 12.5 Å². The molecule has 10 heteroatoms. The molecule has 10 nitrogen and oxygen atoms in total. The summed E-state index contributed by atoms with van der Waals surface area (Å²) < 4.78 is 16.4. The summed E-state index contributed by atoms with van der Waals surface area (Å²) in [6, 6.07) is 13.7. The van der Waals surface area contributed by atoms with Crippen molar-refractivity contribution >= 4 is 18.2 Å². The molecule has 0 bridgehead atoms. The lowest BCUT2D eigenvalue weighted by molar-refractivity contribution is -0.123. The van der Waals surface area contributed by atoms with Crippen molar-refractivity contribution in [3.63, 3.8) is 0 Å². The van der Waals surface area contributed by atoms with E-state index >= 15 is 0 Å². The Hall–Kier alpha value is -4.34. The second-order valence-corrected chi connectivity index (χ2v) is 8.39. The number of hydrogen-bond donors (Lipinski definition) is 3. The third-order valence-corrected chi connectivity index (χ3v) is 4.95. The minimum Gasteiger partial charge on any atom is -0.493 e. The van der Waals surface area contributed by atoms with Crippen LogP contribution in [0.25, 0.3) is 0 Å². The number of alkyl carbamates (subject to hydrolysis) is 1. The van der Waals surface area contributed by atoms with Gasteiger partial charge < -0.3 is 24.5 Å². The number of nitrogens with one attached hydrogen (secondary N) is 3. The Balaban J connectivity index is 1.60. The molecule has 3 aromatic rings. The van der Waals surface area contributed by atoms with Gasteiger partial charge in [0.2, 0.25) is 0 Å². The minimum atomic E-state index is -0.938. The van der Waals surface area contributed by atoms with E-state index in [-0.39, 0.29) is 13.0 Å². The van der Waals surface area contributed by atoms with Gasteiger partial charge in [0.15, 0.2) is 11.5 Å². The van der Waals surface area contributed by atoms with E-state index in [9.17, 15) is 9.59 Å². The largest absolute Gasteiger partial charge is 0.493 e. The zero-order chi connectivity index (χ0) is 25.8. The van der Waals surface area contributed by atoms with Crippen LogP contribution in [-0.2, 0) is 22.6 Å². The summed E-state index contributed by atoms with van der Waals surface area (Å²) in [5.41, 5.74) is 4.67. The third kappa shape index (κ3) is 8.46. The molecule has 0 saturated carbocycles. The van der Waals surface area contributed by atoms with Gasteiger partial charge in [-0.05, 0) is 35.2 Å². The van der Waals surface area contributed by atoms with Gasteiger partial charge in [-0.3, -0.25) is 4.79 Å². The highest BCUT2D eigenvalue weighted by Crippen LogP contribution is 2.28. The van der Waals surface area contributed by atoms with Crippen LogP contribution in [0.5, 0.6) is 11.5 Å². The van der Waals surface area contributed by atoms with Crippen molar-refractivity contribution in [3.8, 4) is 11.5 Å². The van der Waals surface area contributed by atoms with Crippen LogP contribution in [-0.4, -0.2) is 47.9 Å². The lowest BCUT2D eigenvalue weighted by Gasteiger charge is -2.16. The van der Waals surface area contributed by atoms with Crippen molar-refractivity contribution in [2.24, 2.45) is 11.0 Å². The third-order valence-electron chi connectivity index (χ3n) is 4.95. The second-order valence-electron chi connectivity index (χ2n) is 8.39. The Bertz CT molecular complexity index is 1130. The fraction of sp³-hybridized carbons (Fsp3) is 0.308. The number of carbonyl (C=O) groups is 2. The molecule has 1 heterocycles. The first-order chi connectivity index (χ1) is 17.4. The molecule has 3 rings (SSSR count). The molecule has 0 unspecified atom stereocenters. The normalized spacial score (nSPS) is 11.8. The maximum atomic E-state index is 12.8. The predicted octanol–water partition coefficient (Wildman–Crippen LogP) is 3.44. The first-order valence-electron chi connectivity index (χ1n) is 11.5. The van der Waals surface area contributed by atoms with E-state index in [0.29, 0.717) is 35.3 Å². The fourth-order valence-electron chi connectivity index (χ4n) is 3.12. The Labute approximate surface area is 210 Å². The van der Waals surface area contributed by atoms with Gasteiger partial charge in [-0.25, -0.2) is 15.2 Å². The zero-order valence-electron chi connectivity index (χ0n) is 20.6. The lowest BCUT2D eigenvalue weighted by Crippen LogP contribution is -2.47. The van der Waals surface area contributed by atoms with Crippen LogP contribution in [0.3, 0.4) is 0 Å². The summed E-state index contributed by atoms with van der Waals surface area (Å²) in [5.74, 6) is 1.06. The summed E-state index contributed by atoms with van der Waals surface area (Å²) in [6.45, 7) is 4.78. The molecule has 0 aliphatic heterocycles. The maximum absolute atomic E-state index is 12.8. The van der Waals surface area contributed by atoms with Crippen molar-refractivity contribution in [1.82, 2.24) is 20.7 Å². The number of carbonyl (C=O) groups excluding carboxylic acids is 2. The van der Waals surface area contributed by atoms with Gasteiger partial charge in [0.1, 0.15) is 12.6 Å². The van der Waals surface area contributed by atoms with Crippen LogP contribution in [0, 0.1) is 5.92 Å². The average Bonchev–Trinajstić information content (AvgIpc) is 3.40. The molecule has 1 aromatic heterocycles. The van der Waals surface area contributed by atoms with E-state index in [4.69, 9.17) is 14.2 Å². The van der Waals surface area contributed by atoms with Gasteiger partial charge >= 0.3 is 6.09 Å². The molecule has 0 fully saturated rings. The first kappa shape index (κ1) is 26.3. The number of hydrazone groups is 1. The molecular formula is C26H31N5O5. The molecule has 3 N–H and O–H groups in total. The van der Waals surface area contributed by atoms with E-state index in [0.717, 1.165) is 5.56 Å². The number of imidazole rings is 1. The smallest absolute Gasteiger partial charge is 0.408 e. The quantitative estimate of drug-likeness (QED) is 0.262. The average molecular weight is 494 g/mol. The summed E-state index contributed by atoms with van der Waals surface area (Å²) >= 11 is 0. The topological polar surface area (TPSA) is 127 Å². The molecular weight excluding hydrogens is 462 g/mol. The number of benzene rings is 2. The number of ether oxygens (including phenoxy) is 3. The second kappa shape index (κ2) is 13.5. The molecule has 0 radical (unpaired) electrons. The molecule has 1 atom stereocenters. The molecule has 36 heavy (non-hydrogen) atoms. The number of methoxy groups -OCH3 is 1. The number of nitrogens with zero attached hydrogens (tertiary/aromatic N) is 2. The highest BCUT2D eigenvalue weighted by atomic mass is 16.5. The number of aromatic nitrogens is 2. The SMILES string of the molecule is COc1cc(/C=N\NC(=O)[C@H](Cc2cnc[nH]2)NC(=O)OCc2ccccc2)ccc1OCC(C)C. The van der Waals surface area contributed by atoms with Gasteiger partial charge in [0.05, 0.1) is 26.3 Å². The first-order valence-corrected chi connectivity index (χ1v) is 11.5. The number of aromatic amines is 1. The summed E-state index contributed by atoms with van der Waals surface area (Å²) in [4.78, 5) is 32.0. The molecule has 0 spiro atoms. The number of H-pyrrole nitrogens is 1. The van der Waals surface area contributed by atoms with Gasteiger partial charge in [-0.15, -0.1) is 0 Å². The molecule has 2 aromatic carbocycles. The Morgan fingerprint density at radius 1 is 1.14 bits per heavy atom. The predicted molar refractivity (Wildman–Crippen MR) is 135 cm³/mol. The number of rotatable bonds is 12. The van der Waals surface area contributed by atoms with Gasteiger partial charge in [0.25, 0.3) is 5.91 Å². The van der Waals surface area contributed by atoms with E-state index in [2.05, 4.69) is 39.7 Å². The molecule has 0 saturated heterocycles. The van der Waals surface area contributed by atoms with Crippen LogP contribution in [0.4, 0.5) is 4.79 Å². The number of hydrogen-bond acceptors (Lipinski definition) is 7. The maximum Gasteiger partial charge on any atom is 0.408 e. The van der Waals surface area contributed by atoms with E-state index in [1.807, 2.05) is 30.3 Å². The standard InChI is InChI=1S/C26H31N5O5/c1-18(2)15-35-23-10-9-20(11-24(23)34-3)13-29-31-25(32)22(12-21-14-27-17-28-21)30-26(33)36-16-19-7-5-4-6-8-19/h4-11,13-14,17-18,22H,12,15-16H2,1-3H3,(H,27,28)(H,30,33)(H,31,32)/b29-13-/t22-/m0/s1. The highest BCUT2D eigenvalue weighted by Gasteiger charge is 2.22. The van der Waals surface area contributed by atoms with Gasteiger partial charge in [-0.1, -0.05) is 44.2 Å². The minimum absolute atomic E-state index is 0.0853. The Morgan fingerprint density at radius 3 is 2.64 bits per heavy atom. The lowest BCUT2D eigenvalue weighted by atomic mass is 10.1. The van der Waals surface area contributed by atoms with Crippen molar-refractivity contribution in [1.29, 1.82) is 0 Å². The van der Waals surface area contributed by atoms with Crippen LogP contribution >= 0.6 is 0 Å². The van der Waals surface area contributed by atoms with Crippen molar-refractivity contribution in [2.45, 2.75) is 32.9 Å². The van der Waals surface area contributed by atoms with Crippen molar-refractivity contribution in [3.05, 3.63) is 77.9 Å². The van der Waals surface area contributed by atoms with Crippen LogP contribution in [0.15, 0.2) is 66.2 Å². The molecule has 190 valence electrons. The van der Waals surface area contributed by atoms with E-state index < -0.39 is 18.0 Å². The molecule has 0 aliphatic carbocycles. The van der Waals surface area contributed by atoms with E-state index in [1.54, 1.807) is 31.5 Å². The van der Waals surface area contributed by atoms with Crippen LogP contribution in [0.2, 0.25) is 0 Å².